The van der Waals surface area contributed by atoms with Crippen molar-refractivity contribution in [2.45, 2.75) is 69.6 Å². The first-order chi connectivity index (χ1) is 15.9. The van der Waals surface area contributed by atoms with Gasteiger partial charge in [0.1, 0.15) is 17.8 Å². The fraction of sp³-hybridized carbons (Fsp3) is 0.625. The van der Waals surface area contributed by atoms with E-state index in [1.807, 2.05) is 24.3 Å². The molecule has 2 saturated heterocycles. The van der Waals surface area contributed by atoms with E-state index in [4.69, 9.17) is 10.5 Å². The van der Waals surface area contributed by atoms with Crippen LogP contribution in [0.25, 0.3) is 0 Å². The predicted octanol–water partition coefficient (Wildman–Crippen LogP) is 0.338. The number of carbonyl (C=O) groups is 3. The highest BCUT2D eigenvalue weighted by Crippen LogP contribution is 2.34. The van der Waals surface area contributed by atoms with Crippen molar-refractivity contribution < 1.29 is 24.2 Å². The number of rotatable bonds is 9. The zero-order chi connectivity index (χ0) is 24.0. The number of aliphatic hydroxyl groups is 1. The van der Waals surface area contributed by atoms with E-state index in [1.165, 1.54) is 0 Å². The molecule has 1 aromatic rings. The van der Waals surface area contributed by atoms with Crippen LogP contribution in [0.3, 0.4) is 0 Å². The quantitative estimate of drug-likeness (QED) is 0.420. The minimum atomic E-state index is -0.877. The topological polar surface area (TPSA) is 134 Å². The maximum atomic E-state index is 13.5. The lowest BCUT2D eigenvalue weighted by atomic mass is 9.94. The number of ether oxygens (including phenoxy) is 1. The maximum absolute atomic E-state index is 13.5. The average Bonchev–Trinajstić information content (AvgIpc) is 3.21. The number of hydrogen-bond acceptors (Lipinski definition) is 6. The molecular weight excluding hydrogens is 424 g/mol. The lowest BCUT2D eigenvalue weighted by molar-refractivity contribution is -0.143. The molecule has 3 rings (SSSR count). The number of nitrogens with zero attached hydrogens (tertiary/aromatic N) is 1. The van der Waals surface area contributed by atoms with Crippen LogP contribution in [0.15, 0.2) is 24.3 Å². The van der Waals surface area contributed by atoms with Crippen molar-refractivity contribution >= 4 is 17.7 Å². The first-order valence-corrected chi connectivity index (χ1v) is 11.8. The Hall–Kier alpha value is -2.65. The number of aliphatic hydroxyl groups excluding tert-OH is 1. The van der Waals surface area contributed by atoms with Gasteiger partial charge in [0.05, 0.1) is 13.2 Å². The van der Waals surface area contributed by atoms with Crippen LogP contribution in [-0.2, 0) is 20.8 Å². The largest absolute Gasteiger partial charge is 0.497 e. The van der Waals surface area contributed by atoms with E-state index in [9.17, 15) is 19.5 Å². The van der Waals surface area contributed by atoms with Crippen LogP contribution in [-0.4, -0.2) is 72.2 Å². The number of fused-ring (bicyclic) bond motifs is 1. The van der Waals surface area contributed by atoms with Crippen LogP contribution in [0.1, 0.15) is 44.6 Å². The Labute approximate surface area is 195 Å². The Morgan fingerprint density at radius 1 is 1.21 bits per heavy atom. The number of amides is 3. The molecule has 2 heterocycles. The van der Waals surface area contributed by atoms with E-state index < -0.39 is 30.0 Å². The standard InChI is InChI=1S/C24H36N4O5/c1-3-19(25)22(30)27-21-16(14-29)6-7-17-8-11-20(28(17)24(21)32)23(31)26-13-12-15-4-9-18(33-2)10-5-15/h4-5,9-10,16-17,19-21,29H,3,6-8,11-14,25H2,1-2H3,(H,26,31)(H,27,30)/t16-,17?,19+,20+,21+/m1/s1. The fourth-order valence-corrected chi connectivity index (χ4v) is 4.75. The van der Waals surface area contributed by atoms with Gasteiger partial charge in [-0.05, 0) is 56.2 Å². The molecule has 9 heteroatoms. The molecule has 2 aliphatic rings. The van der Waals surface area contributed by atoms with Gasteiger partial charge in [0.15, 0.2) is 0 Å². The maximum Gasteiger partial charge on any atom is 0.246 e. The molecule has 33 heavy (non-hydrogen) atoms. The Morgan fingerprint density at radius 3 is 2.55 bits per heavy atom. The van der Waals surface area contributed by atoms with Gasteiger partial charge in [0.2, 0.25) is 17.7 Å². The molecule has 0 bridgehead atoms. The second kappa shape index (κ2) is 11.5. The van der Waals surface area contributed by atoms with Gasteiger partial charge in [-0.3, -0.25) is 14.4 Å². The molecule has 0 saturated carbocycles. The smallest absolute Gasteiger partial charge is 0.246 e. The van der Waals surface area contributed by atoms with Crippen LogP contribution in [0.4, 0.5) is 0 Å². The van der Waals surface area contributed by atoms with Crippen molar-refractivity contribution in [1.82, 2.24) is 15.5 Å². The summed E-state index contributed by atoms with van der Waals surface area (Å²) >= 11 is 0. The first-order valence-electron chi connectivity index (χ1n) is 11.8. The molecule has 182 valence electrons. The first kappa shape index (κ1) is 25.0. The summed E-state index contributed by atoms with van der Waals surface area (Å²) in [5.74, 6) is -0.511. The zero-order valence-corrected chi connectivity index (χ0v) is 19.5. The minimum Gasteiger partial charge on any atom is -0.497 e. The lowest BCUT2D eigenvalue weighted by Crippen LogP contribution is -2.58. The Balaban J connectivity index is 1.65. The fourth-order valence-electron chi connectivity index (χ4n) is 4.75. The highest BCUT2D eigenvalue weighted by molar-refractivity contribution is 5.94. The van der Waals surface area contributed by atoms with Gasteiger partial charge in [-0.2, -0.15) is 0 Å². The van der Waals surface area contributed by atoms with Gasteiger partial charge in [-0.1, -0.05) is 19.1 Å². The summed E-state index contributed by atoms with van der Waals surface area (Å²) in [7, 11) is 1.62. The monoisotopic (exact) mass is 460 g/mol. The van der Waals surface area contributed by atoms with Gasteiger partial charge in [-0.25, -0.2) is 0 Å². The van der Waals surface area contributed by atoms with Crippen LogP contribution in [0.5, 0.6) is 5.75 Å². The van der Waals surface area contributed by atoms with Crippen molar-refractivity contribution in [2.75, 3.05) is 20.3 Å². The molecule has 1 aromatic carbocycles. The van der Waals surface area contributed by atoms with Gasteiger partial charge in [0, 0.05) is 25.1 Å². The Kier molecular flexibility index (Phi) is 8.68. The molecule has 3 amide bonds. The van der Waals surface area contributed by atoms with E-state index in [1.54, 1.807) is 18.9 Å². The second-order valence-electron chi connectivity index (χ2n) is 8.90. The number of hydrogen-bond donors (Lipinski definition) is 4. The Bertz CT molecular complexity index is 831. The summed E-state index contributed by atoms with van der Waals surface area (Å²) in [6.45, 7) is 2.04. The van der Waals surface area contributed by atoms with Gasteiger partial charge in [0.25, 0.3) is 0 Å². The highest BCUT2D eigenvalue weighted by Gasteiger charge is 2.47. The SMILES string of the molecule is CC[C@H](N)C(=O)N[C@@H]1C(=O)N2C(CC[C@@H]1CO)CC[C@H]2C(=O)NCCc1ccc(OC)cc1. The van der Waals surface area contributed by atoms with Crippen molar-refractivity contribution in [3.8, 4) is 5.75 Å². The minimum absolute atomic E-state index is 0.0642. The van der Waals surface area contributed by atoms with E-state index in [-0.39, 0.29) is 24.5 Å². The number of benzene rings is 1. The van der Waals surface area contributed by atoms with Crippen molar-refractivity contribution in [1.29, 1.82) is 0 Å². The summed E-state index contributed by atoms with van der Waals surface area (Å²) in [4.78, 5) is 40.5. The zero-order valence-electron chi connectivity index (χ0n) is 19.5. The summed E-state index contributed by atoms with van der Waals surface area (Å²) in [5, 5.41) is 15.6. The molecule has 0 radical (unpaired) electrons. The molecular formula is C24H36N4O5. The molecule has 0 aromatic heterocycles. The van der Waals surface area contributed by atoms with Crippen molar-refractivity contribution in [3.05, 3.63) is 29.8 Å². The third kappa shape index (κ3) is 5.83. The van der Waals surface area contributed by atoms with Gasteiger partial charge in [-0.15, -0.1) is 0 Å². The predicted molar refractivity (Wildman–Crippen MR) is 123 cm³/mol. The van der Waals surface area contributed by atoms with E-state index in [0.717, 1.165) is 17.7 Å². The number of nitrogens with one attached hydrogen (secondary N) is 2. The van der Waals surface area contributed by atoms with Crippen molar-refractivity contribution in [2.24, 2.45) is 11.7 Å². The van der Waals surface area contributed by atoms with E-state index >= 15 is 0 Å². The summed E-state index contributed by atoms with van der Waals surface area (Å²) in [6.07, 6.45) is 3.72. The van der Waals surface area contributed by atoms with Crippen LogP contribution in [0.2, 0.25) is 0 Å². The third-order valence-electron chi connectivity index (χ3n) is 6.85. The number of methoxy groups -OCH3 is 1. The molecule has 5 atom stereocenters. The number of carbonyl (C=O) groups excluding carboxylic acids is 3. The molecule has 0 aliphatic carbocycles. The average molecular weight is 461 g/mol. The molecule has 1 unspecified atom stereocenters. The van der Waals surface area contributed by atoms with Crippen LogP contribution < -0.4 is 21.1 Å². The van der Waals surface area contributed by atoms with Gasteiger partial charge >= 0.3 is 0 Å². The van der Waals surface area contributed by atoms with Crippen LogP contribution in [0, 0.1) is 5.92 Å². The summed E-state index contributed by atoms with van der Waals surface area (Å²) in [6, 6.07) is 5.44. The highest BCUT2D eigenvalue weighted by atomic mass is 16.5. The van der Waals surface area contributed by atoms with E-state index in [2.05, 4.69) is 10.6 Å². The molecule has 2 aliphatic heterocycles. The van der Waals surface area contributed by atoms with Gasteiger partial charge < -0.3 is 31.1 Å². The lowest BCUT2D eigenvalue weighted by Gasteiger charge is -2.32. The molecule has 9 nitrogen and oxygen atoms in total. The molecule has 0 spiro atoms. The second-order valence-corrected chi connectivity index (χ2v) is 8.90. The Morgan fingerprint density at radius 2 is 1.91 bits per heavy atom. The van der Waals surface area contributed by atoms with E-state index in [0.29, 0.717) is 38.6 Å². The normalized spacial score (nSPS) is 25.7. The summed E-state index contributed by atoms with van der Waals surface area (Å²) in [5.41, 5.74) is 6.91. The summed E-state index contributed by atoms with van der Waals surface area (Å²) < 4.78 is 5.16. The number of nitrogens with two attached hydrogens (primary N) is 1. The molecule has 5 N–H and O–H groups in total. The van der Waals surface area contributed by atoms with Crippen molar-refractivity contribution in [3.63, 3.8) is 0 Å². The third-order valence-corrected chi connectivity index (χ3v) is 6.85. The molecule has 2 fully saturated rings. The van der Waals surface area contributed by atoms with Crippen LogP contribution >= 0.6 is 0 Å².